The van der Waals surface area contributed by atoms with Crippen molar-refractivity contribution in [2.45, 2.75) is 33.0 Å². The zero-order valence-electron chi connectivity index (χ0n) is 13.4. The Kier molecular flexibility index (Phi) is 4.52. The number of nitrogens with one attached hydrogen (secondary N) is 1. The molecule has 1 amide bonds. The third-order valence-electron chi connectivity index (χ3n) is 4.01. The van der Waals surface area contributed by atoms with E-state index in [0.29, 0.717) is 13.1 Å². The molecule has 0 aromatic carbocycles. The van der Waals surface area contributed by atoms with Crippen molar-refractivity contribution in [1.29, 1.82) is 0 Å². The molecule has 2 aromatic heterocycles. The number of carbonyl (C=O) groups excluding carboxylic acids is 1. The molecule has 130 valence electrons. The highest BCUT2D eigenvalue weighted by Gasteiger charge is 2.29. The van der Waals surface area contributed by atoms with Crippen LogP contribution in [0.4, 0.5) is 0 Å². The van der Waals surface area contributed by atoms with E-state index in [-0.39, 0.29) is 29.1 Å². The number of hydrogen-bond acceptors (Lipinski definition) is 5. The van der Waals surface area contributed by atoms with Crippen molar-refractivity contribution in [2.75, 3.05) is 11.5 Å². The first-order valence-electron chi connectivity index (χ1n) is 7.49. The van der Waals surface area contributed by atoms with Crippen molar-refractivity contribution in [3.8, 4) is 0 Å². The minimum Gasteiger partial charge on any atom is -0.347 e. The van der Waals surface area contributed by atoms with Gasteiger partial charge in [-0.15, -0.1) is 0 Å². The third-order valence-corrected chi connectivity index (χ3v) is 6.93. The lowest BCUT2D eigenvalue weighted by Gasteiger charge is -2.09. The van der Waals surface area contributed by atoms with Gasteiger partial charge in [0.1, 0.15) is 12.4 Å². The molecule has 0 bridgehead atoms. The van der Waals surface area contributed by atoms with Gasteiger partial charge in [0, 0.05) is 12.2 Å². The van der Waals surface area contributed by atoms with E-state index < -0.39 is 9.84 Å². The number of aryl methyl sites for hydroxylation is 1. The van der Waals surface area contributed by atoms with Gasteiger partial charge in [0.15, 0.2) is 9.84 Å². The standard InChI is InChI=1S/C14H18BrN5O3S/c1-9-13(15)10(2)20(17-9)8-19-5-3-12(18-19)14(21)16-11-4-6-24(22,23)7-11/h3,5,11H,4,6-8H2,1-2H3,(H,16,21). The maximum atomic E-state index is 12.2. The lowest BCUT2D eigenvalue weighted by molar-refractivity contribution is 0.0935. The molecular formula is C14H18BrN5O3S. The summed E-state index contributed by atoms with van der Waals surface area (Å²) >= 11 is 3.47. The van der Waals surface area contributed by atoms with Gasteiger partial charge in [-0.25, -0.2) is 13.1 Å². The number of nitrogens with zero attached hydrogens (tertiary/aromatic N) is 4. The Hall–Kier alpha value is -1.68. The number of rotatable bonds is 4. The first-order valence-corrected chi connectivity index (χ1v) is 10.1. The van der Waals surface area contributed by atoms with Crippen LogP contribution in [0, 0.1) is 13.8 Å². The number of halogens is 1. The van der Waals surface area contributed by atoms with Crippen LogP contribution in [0.2, 0.25) is 0 Å². The van der Waals surface area contributed by atoms with Gasteiger partial charge in [0.2, 0.25) is 0 Å². The molecule has 1 aliphatic heterocycles. The summed E-state index contributed by atoms with van der Waals surface area (Å²) in [5.74, 6) is -0.233. The molecule has 3 rings (SSSR count). The lowest BCUT2D eigenvalue weighted by Crippen LogP contribution is -2.35. The van der Waals surface area contributed by atoms with Crippen LogP contribution in [0.5, 0.6) is 0 Å². The normalized spacial score (nSPS) is 19.5. The average molecular weight is 416 g/mol. The van der Waals surface area contributed by atoms with E-state index in [1.165, 1.54) is 0 Å². The second-order valence-electron chi connectivity index (χ2n) is 5.94. The minimum atomic E-state index is -3.02. The van der Waals surface area contributed by atoms with Crippen molar-refractivity contribution in [2.24, 2.45) is 0 Å². The topological polar surface area (TPSA) is 98.9 Å². The van der Waals surface area contributed by atoms with Crippen LogP contribution >= 0.6 is 15.9 Å². The molecule has 1 saturated heterocycles. The molecule has 1 N–H and O–H groups in total. The minimum absolute atomic E-state index is 0.000760. The molecule has 1 atom stereocenters. The van der Waals surface area contributed by atoms with Crippen molar-refractivity contribution in [3.05, 3.63) is 33.8 Å². The van der Waals surface area contributed by atoms with Crippen LogP contribution in [0.25, 0.3) is 0 Å². The first-order chi connectivity index (χ1) is 11.2. The second-order valence-corrected chi connectivity index (χ2v) is 8.96. The van der Waals surface area contributed by atoms with Gasteiger partial charge in [-0.3, -0.25) is 9.48 Å². The van der Waals surface area contributed by atoms with Crippen LogP contribution < -0.4 is 5.32 Å². The van der Waals surface area contributed by atoms with Crippen LogP contribution in [-0.4, -0.2) is 51.4 Å². The predicted molar refractivity (Wildman–Crippen MR) is 91.6 cm³/mol. The molecule has 0 aliphatic carbocycles. The second kappa shape index (κ2) is 6.32. The molecule has 0 radical (unpaired) electrons. The van der Waals surface area contributed by atoms with Gasteiger partial charge < -0.3 is 5.32 Å². The molecule has 8 nitrogen and oxygen atoms in total. The van der Waals surface area contributed by atoms with Gasteiger partial charge in [-0.2, -0.15) is 10.2 Å². The molecular weight excluding hydrogens is 398 g/mol. The van der Waals surface area contributed by atoms with Crippen molar-refractivity contribution in [1.82, 2.24) is 24.9 Å². The van der Waals surface area contributed by atoms with Crippen molar-refractivity contribution >= 4 is 31.7 Å². The summed E-state index contributed by atoms with van der Waals surface area (Å²) in [7, 11) is -3.02. The summed E-state index contributed by atoms with van der Waals surface area (Å²) in [6.07, 6.45) is 2.15. The summed E-state index contributed by atoms with van der Waals surface area (Å²) in [5.41, 5.74) is 2.13. The van der Waals surface area contributed by atoms with Crippen LogP contribution in [0.3, 0.4) is 0 Å². The van der Waals surface area contributed by atoms with Crippen molar-refractivity contribution < 1.29 is 13.2 Å². The Morgan fingerprint density at radius 3 is 2.75 bits per heavy atom. The average Bonchev–Trinajstić information content (AvgIpc) is 3.16. The third kappa shape index (κ3) is 3.54. The van der Waals surface area contributed by atoms with E-state index in [0.717, 1.165) is 15.9 Å². The number of sulfone groups is 1. The highest BCUT2D eigenvalue weighted by molar-refractivity contribution is 9.10. The van der Waals surface area contributed by atoms with Gasteiger partial charge in [0.05, 0.1) is 27.4 Å². The van der Waals surface area contributed by atoms with Gasteiger partial charge in [-0.05, 0) is 42.3 Å². The Bertz CT molecular complexity index is 886. The summed E-state index contributed by atoms with van der Waals surface area (Å²) < 4.78 is 27.2. The number of amides is 1. The maximum absolute atomic E-state index is 12.2. The molecule has 1 aliphatic rings. The van der Waals surface area contributed by atoms with Gasteiger partial charge in [0.25, 0.3) is 5.91 Å². The molecule has 2 aromatic rings. The van der Waals surface area contributed by atoms with E-state index >= 15 is 0 Å². The fourth-order valence-electron chi connectivity index (χ4n) is 2.68. The highest BCUT2D eigenvalue weighted by Crippen LogP contribution is 2.19. The summed E-state index contributed by atoms with van der Waals surface area (Å²) in [6, 6.07) is 1.28. The Morgan fingerprint density at radius 1 is 1.42 bits per heavy atom. The predicted octanol–water partition coefficient (Wildman–Crippen LogP) is 0.882. The Labute approximate surface area is 148 Å². The lowest BCUT2D eigenvalue weighted by atomic mass is 10.2. The zero-order valence-corrected chi connectivity index (χ0v) is 15.8. The number of carbonyl (C=O) groups is 1. The number of aromatic nitrogens is 4. The van der Waals surface area contributed by atoms with Crippen LogP contribution in [0.1, 0.15) is 28.3 Å². The van der Waals surface area contributed by atoms with Gasteiger partial charge >= 0.3 is 0 Å². The molecule has 0 saturated carbocycles. The fraction of sp³-hybridized carbons (Fsp3) is 0.500. The quantitative estimate of drug-likeness (QED) is 0.798. The van der Waals surface area contributed by atoms with Crippen LogP contribution in [-0.2, 0) is 16.5 Å². The summed E-state index contributed by atoms with van der Waals surface area (Å²) in [4.78, 5) is 12.2. The molecule has 0 spiro atoms. The molecule has 1 fully saturated rings. The molecule has 3 heterocycles. The number of hydrogen-bond donors (Lipinski definition) is 1. The SMILES string of the molecule is Cc1nn(Cn2ccc(C(=O)NC3CCS(=O)(=O)C3)n2)c(C)c1Br. The Morgan fingerprint density at radius 2 is 2.17 bits per heavy atom. The fourth-order valence-corrected chi connectivity index (χ4v) is 4.64. The highest BCUT2D eigenvalue weighted by atomic mass is 79.9. The molecule has 10 heteroatoms. The molecule has 24 heavy (non-hydrogen) atoms. The monoisotopic (exact) mass is 415 g/mol. The van der Waals surface area contributed by atoms with Crippen LogP contribution in [0.15, 0.2) is 16.7 Å². The van der Waals surface area contributed by atoms with E-state index in [1.54, 1.807) is 21.6 Å². The first kappa shape index (κ1) is 17.2. The van der Waals surface area contributed by atoms with E-state index in [4.69, 9.17) is 0 Å². The zero-order chi connectivity index (χ0) is 17.5. The van der Waals surface area contributed by atoms with Gasteiger partial charge in [-0.1, -0.05) is 0 Å². The summed E-state index contributed by atoms with van der Waals surface area (Å²) in [6.45, 7) is 4.25. The maximum Gasteiger partial charge on any atom is 0.272 e. The largest absolute Gasteiger partial charge is 0.347 e. The van der Waals surface area contributed by atoms with Crippen molar-refractivity contribution in [3.63, 3.8) is 0 Å². The van der Waals surface area contributed by atoms with E-state index in [1.807, 2.05) is 13.8 Å². The van der Waals surface area contributed by atoms with E-state index in [9.17, 15) is 13.2 Å². The smallest absolute Gasteiger partial charge is 0.272 e. The Balaban J connectivity index is 1.67. The molecule has 1 unspecified atom stereocenters. The van der Waals surface area contributed by atoms with E-state index in [2.05, 4.69) is 31.4 Å². The summed E-state index contributed by atoms with van der Waals surface area (Å²) in [5, 5.41) is 11.4.